The molecular weight excluding hydrogens is 302 g/mol. The number of hydrogen-bond donors (Lipinski definition) is 2. The predicted molar refractivity (Wildman–Crippen MR) is 93.8 cm³/mol. The van der Waals surface area contributed by atoms with Gasteiger partial charge in [-0.15, -0.1) is 10.2 Å². The smallest absolute Gasteiger partial charge is 0.188 e. The van der Waals surface area contributed by atoms with Crippen LogP contribution in [0.4, 0.5) is 5.82 Å². The normalized spacial score (nSPS) is 11.9. The molecule has 5 nitrogen and oxygen atoms in total. The fourth-order valence-electron chi connectivity index (χ4n) is 2.50. The van der Waals surface area contributed by atoms with Crippen molar-refractivity contribution in [1.82, 2.24) is 10.2 Å². The average Bonchev–Trinajstić information content (AvgIpc) is 2.58. The number of nitrogen functional groups attached to an aromatic ring is 1. The number of ether oxygens (including phenoxy) is 1. The Bertz CT molecular complexity index is 822. The lowest BCUT2D eigenvalue weighted by Crippen LogP contribution is -2.16. The van der Waals surface area contributed by atoms with Crippen molar-refractivity contribution < 1.29 is 9.84 Å². The highest BCUT2D eigenvalue weighted by molar-refractivity contribution is 5.68. The molecule has 1 atom stereocenters. The lowest BCUT2D eigenvalue weighted by atomic mass is 10.1. The maximum absolute atomic E-state index is 9.96. The van der Waals surface area contributed by atoms with Gasteiger partial charge in [-0.1, -0.05) is 42.5 Å². The van der Waals surface area contributed by atoms with E-state index in [1.165, 1.54) is 5.56 Å². The lowest BCUT2D eigenvalue weighted by molar-refractivity contribution is 0.222. The Kier molecular flexibility index (Phi) is 4.61. The van der Waals surface area contributed by atoms with E-state index in [0.29, 0.717) is 17.0 Å². The monoisotopic (exact) mass is 321 g/mol. The third kappa shape index (κ3) is 3.63. The maximum Gasteiger partial charge on any atom is 0.188 e. The first-order valence-corrected chi connectivity index (χ1v) is 7.75. The summed E-state index contributed by atoms with van der Waals surface area (Å²) in [5, 5.41) is 18.0. The van der Waals surface area contributed by atoms with E-state index in [0.717, 1.165) is 6.42 Å². The molecule has 0 amide bonds. The molecule has 1 heterocycles. The third-order valence-electron chi connectivity index (χ3n) is 3.66. The standard InChI is InChI=1S/C19H19N3O2/c1-13(11-14-7-3-2-4-8-14)24-18-12-16(21-22-19(18)20)15-9-5-6-10-17(15)23/h2-10,12-13,23H,11H2,1H3,(H2,20,22). The van der Waals surface area contributed by atoms with Gasteiger partial charge in [0.15, 0.2) is 11.6 Å². The second kappa shape index (κ2) is 7.00. The second-order valence-corrected chi connectivity index (χ2v) is 5.61. The van der Waals surface area contributed by atoms with Crippen LogP contribution in [0.25, 0.3) is 11.3 Å². The molecule has 3 rings (SSSR count). The molecule has 0 radical (unpaired) electrons. The highest BCUT2D eigenvalue weighted by Gasteiger charge is 2.13. The molecule has 0 aliphatic carbocycles. The van der Waals surface area contributed by atoms with Gasteiger partial charge in [-0.2, -0.15) is 0 Å². The molecule has 0 spiro atoms. The van der Waals surface area contributed by atoms with Crippen LogP contribution in [0.2, 0.25) is 0 Å². The van der Waals surface area contributed by atoms with Crippen molar-refractivity contribution in [2.75, 3.05) is 5.73 Å². The van der Waals surface area contributed by atoms with Gasteiger partial charge in [-0.25, -0.2) is 0 Å². The summed E-state index contributed by atoms with van der Waals surface area (Å²) in [7, 11) is 0. The van der Waals surface area contributed by atoms with Gasteiger partial charge in [-0.3, -0.25) is 0 Å². The quantitative estimate of drug-likeness (QED) is 0.752. The fourth-order valence-corrected chi connectivity index (χ4v) is 2.50. The Morgan fingerprint density at radius 3 is 2.50 bits per heavy atom. The van der Waals surface area contributed by atoms with Crippen molar-refractivity contribution in [2.24, 2.45) is 0 Å². The molecule has 1 unspecified atom stereocenters. The number of aromatic nitrogens is 2. The van der Waals surface area contributed by atoms with Crippen LogP contribution in [-0.4, -0.2) is 21.4 Å². The maximum atomic E-state index is 9.96. The molecule has 2 aromatic carbocycles. The highest BCUT2D eigenvalue weighted by Crippen LogP contribution is 2.31. The Morgan fingerprint density at radius 2 is 1.75 bits per heavy atom. The molecule has 0 aliphatic heterocycles. The van der Waals surface area contributed by atoms with E-state index >= 15 is 0 Å². The van der Waals surface area contributed by atoms with Gasteiger partial charge < -0.3 is 15.6 Å². The van der Waals surface area contributed by atoms with E-state index in [1.54, 1.807) is 24.3 Å². The zero-order valence-electron chi connectivity index (χ0n) is 13.4. The van der Waals surface area contributed by atoms with Crippen LogP contribution in [0.5, 0.6) is 11.5 Å². The SMILES string of the molecule is CC(Cc1ccccc1)Oc1cc(-c2ccccc2O)nnc1N. The van der Waals surface area contributed by atoms with Crippen LogP contribution >= 0.6 is 0 Å². The second-order valence-electron chi connectivity index (χ2n) is 5.61. The van der Waals surface area contributed by atoms with Crippen molar-refractivity contribution in [3.05, 3.63) is 66.2 Å². The van der Waals surface area contributed by atoms with E-state index in [2.05, 4.69) is 22.3 Å². The van der Waals surface area contributed by atoms with Gasteiger partial charge in [-0.05, 0) is 24.6 Å². The van der Waals surface area contributed by atoms with Gasteiger partial charge in [0, 0.05) is 18.1 Å². The Morgan fingerprint density at radius 1 is 1.04 bits per heavy atom. The Hall–Kier alpha value is -3.08. The van der Waals surface area contributed by atoms with E-state index in [9.17, 15) is 5.11 Å². The first-order chi connectivity index (χ1) is 11.6. The molecule has 0 bridgehead atoms. The summed E-state index contributed by atoms with van der Waals surface area (Å²) in [6.07, 6.45) is 0.685. The molecule has 3 aromatic rings. The van der Waals surface area contributed by atoms with Crippen molar-refractivity contribution >= 4 is 5.82 Å². The van der Waals surface area contributed by atoms with Crippen LogP contribution in [0.1, 0.15) is 12.5 Å². The van der Waals surface area contributed by atoms with Gasteiger partial charge in [0.25, 0.3) is 0 Å². The summed E-state index contributed by atoms with van der Waals surface area (Å²) in [5.41, 5.74) is 8.18. The molecule has 122 valence electrons. The number of aromatic hydroxyl groups is 1. The van der Waals surface area contributed by atoms with Crippen molar-refractivity contribution in [3.63, 3.8) is 0 Å². The van der Waals surface area contributed by atoms with Gasteiger partial charge >= 0.3 is 0 Å². The predicted octanol–water partition coefficient (Wildman–Crippen LogP) is 3.44. The number of para-hydroxylation sites is 1. The number of benzene rings is 2. The van der Waals surface area contributed by atoms with Crippen LogP contribution in [0.3, 0.4) is 0 Å². The summed E-state index contributed by atoms with van der Waals surface area (Å²) in [4.78, 5) is 0. The minimum atomic E-state index is -0.0730. The molecule has 3 N–H and O–H groups in total. The Labute approximate surface area is 140 Å². The molecule has 0 saturated carbocycles. The topological polar surface area (TPSA) is 81.3 Å². The number of anilines is 1. The number of nitrogens with two attached hydrogens (primary N) is 1. The van der Waals surface area contributed by atoms with Crippen LogP contribution in [0, 0.1) is 0 Å². The summed E-state index contributed by atoms with van der Waals surface area (Å²) < 4.78 is 5.94. The molecule has 5 heteroatoms. The van der Waals surface area contributed by atoms with Crippen LogP contribution in [-0.2, 0) is 6.42 Å². The number of rotatable bonds is 5. The van der Waals surface area contributed by atoms with Gasteiger partial charge in [0.05, 0.1) is 0 Å². The van der Waals surface area contributed by atoms with E-state index in [1.807, 2.05) is 31.2 Å². The number of nitrogens with zero attached hydrogens (tertiary/aromatic N) is 2. The molecule has 0 fully saturated rings. The first kappa shape index (κ1) is 15.8. The minimum Gasteiger partial charge on any atom is -0.507 e. The van der Waals surface area contributed by atoms with Gasteiger partial charge in [0.1, 0.15) is 17.5 Å². The van der Waals surface area contributed by atoms with Crippen LogP contribution < -0.4 is 10.5 Å². The van der Waals surface area contributed by atoms with Gasteiger partial charge in [0.2, 0.25) is 0 Å². The largest absolute Gasteiger partial charge is 0.507 e. The lowest BCUT2D eigenvalue weighted by Gasteiger charge is -2.16. The fraction of sp³-hybridized carbons (Fsp3) is 0.158. The molecule has 24 heavy (non-hydrogen) atoms. The summed E-state index contributed by atoms with van der Waals surface area (Å²) in [6.45, 7) is 1.98. The summed E-state index contributed by atoms with van der Waals surface area (Å²) in [6, 6.07) is 18.8. The number of phenols is 1. The van der Waals surface area contributed by atoms with Crippen molar-refractivity contribution in [2.45, 2.75) is 19.4 Å². The molecule has 0 saturated heterocycles. The van der Waals surface area contributed by atoms with E-state index in [-0.39, 0.29) is 17.7 Å². The highest BCUT2D eigenvalue weighted by atomic mass is 16.5. The van der Waals surface area contributed by atoms with E-state index < -0.39 is 0 Å². The average molecular weight is 321 g/mol. The molecular formula is C19H19N3O2. The minimum absolute atomic E-state index is 0.0730. The van der Waals surface area contributed by atoms with E-state index in [4.69, 9.17) is 10.5 Å². The number of phenolic OH excluding ortho intramolecular Hbond substituents is 1. The summed E-state index contributed by atoms with van der Waals surface area (Å²) >= 11 is 0. The third-order valence-corrected chi connectivity index (χ3v) is 3.66. The number of hydrogen-bond acceptors (Lipinski definition) is 5. The zero-order chi connectivity index (χ0) is 16.9. The van der Waals surface area contributed by atoms with Crippen LogP contribution in [0.15, 0.2) is 60.7 Å². The zero-order valence-corrected chi connectivity index (χ0v) is 13.4. The first-order valence-electron chi connectivity index (χ1n) is 7.75. The van der Waals surface area contributed by atoms with Crippen molar-refractivity contribution in [3.8, 4) is 22.8 Å². The Balaban J connectivity index is 1.81. The molecule has 1 aromatic heterocycles. The van der Waals surface area contributed by atoms with Crippen molar-refractivity contribution in [1.29, 1.82) is 0 Å². The summed E-state index contributed by atoms with van der Waals surface area (Å²) in [5.74, 6) is 0.834. The molecule has 0 aliphatic rings.